The van der Waals surface area contributed by atoms with Crippen LogP contribution in [0.4, 0.5) is 0 Å². The molecule has 1 fully saturated rings. The van der Waals surface area contributed by atoms with Crippen molar-refractivity contribution < 1.29 is 38.0 Å². The van der Waals surface area contributed by atoms with Gasteiger partial charge in [0.1, 0.15) is 11.8 Å². The molecule has 1 saturated carbocycles. The van der Waals surface area contributed by atoms with Gasteiger partial charge in [0.05, 0.1) is 25.7 Å². The van der Waals surface area contributed by atoms with E-state index >= 15 is 0 Å². The molecule has 0 spiro atoms. The molecule has 4 atom stereocenters. The molecular formula is C34H55N5O8S. The van der Waals surface area contributed by atoms with E-state index in [-0.39, 0.29) is 49.2 Å². The number of ether oxygens (including phenoxy) is 1. The second-order valence-electron chi connectivity index (χ2n) is 12.8. The maximum Gasteiger partial charge on any atom is 0.305 e. The fourth-order valence-electron chi connectivity index (χ4n) is 6.12. The highest BCUT2D eigenvalue weighted by Crippen LogP contribution is 2.29. The molecule has 0 aliphatic heterocycles. The van der Waals surface area contributed by atoms with Gasteiger partial charge in [0.15, 0.2) is 0 Å². The topological polar surface area (TPSA) is 211 Å². The van der Waals surface area contributed by atoms with Gasteiger partial charge >= 0.3 is 5.97 Å². The predicted molar refractivity (Wildman–Crippen MR) is 184 cm³/mol. The smallest absolute Gasteiger partial charge is 0.305 e. The first-order chi connectivity index (χ1) is 22.7. The van der Waals surface area contributed by atoms with Crippen LogP contribution >= 0.6 is 0 Å². The summed E-state index contributed by atoms with van der Waals surface area (Å²) in [5, 5.41) is 14.9. The standard InChI is InChI=1S/C34H55N5O8S/c1-22-17-25(40)18-23(2)26(22)20-28(36)32(43)37-21-30(41)39(15-10-6-9-13-31(42)47-3)29(19-24-11-7-5-8-12-24)34(45)38-33(44)27(35)14-16-48(4)46/h17-18,24,27-29,40H,5-16,19-21,35-36H2,1-4H3,(H,37,43)(H,38,44,45)/t27?,28-,29-,48?/m0/s1. The van der Waals surface area contributed by atoms with Crippen LogP contribution in [0.5, 0.6) is 5.75 Å². The highest BCUT2D eigenvalue weighted by Gasteiger charge is 2.34. The summed E-state index contributed by atoms with van der Waals surface area (Å²) in [6.07, 6.45) is 8.87. The van der Waals surface area contributed by atoms with Crippen LogP contribution in [0.1, 0.15) is 87.3 Å². The molecule has 1 aromatic carbocycles. The highest BCUT2D eigenvalue weighted by molar-refractivity contribution is 7.84. The number of nitrogens with one attached hydrogen (secondary N) is 2. The van der Waals surface area contributed by atoms with Crippen molar-refractivity contribution in [3.05, 3.63) is 28.8 Å². The summed E-state index contributed by atoms with van der Waals surface area (Å²) in [6, 6.07) is 0.186. The number of carbonyl (C=O) groups excluding carboxylic acids is 5. The molecule has 4 amide bonds. The Morgan fingerprint density at radius 3 is 2.23 bits per heavy atom. The molecule has 7 N–H and O–H groups in total. The second kappa shape index (κ2) is 20.9. The van der Waals surface area contributed by atoms with Crippen molar-refractivity contribution >= 4 is 40.4 Å². The van der Waals surface area contributed by atoms with E-state index in [2.05, 4.69) is 10.6 Å². The molecule has 0 aromatic heterocycles. The number of amides is 4. The molecule has 48 heavy (non-hydrogen) atoms. The van der Waals surface area contributed by atoms with Gasteiger partial charge in [-0.15, -0.1) is 0 Å². The van der Waals surface area contributed by atoms with E-state index in [0.29, 0.717) is 25.7 Å². The Morgan fingerprint density at radius 1 is 0.979 bits per heavy atom. The van der Waals surface area contributed by atoms with Gasteiger partial charge in [-0.25, -0.2) is 0 Å². The van der Waals surface area contributed by atoms with Crippen LogP contribution in [-0.2, 0) is 45.9 Å². The zero-order valence-corrected chi connectivity index (χ0v) is 29.7. The molecule has 0 heterocycles. The van der Waals surface area contributed by atoms with Gasteiger partial charge in [-0.1, -0.05) is 38.5 Å². The minimum atomic E-state index is -1.16. The van der Waals surface area contributed by atoms with E-state index in [1.807, 2.05) is 13.8 Å². The summed E-state index contributed by atoms with van der Waals surface area (Å²) in [5.74, 6) is -2.25. The maximum absolute atomic E-state index is 13.8. The molecule has 1 aliphatic rings. The van der Waals surface area contributed by atoms with Gasteiger partial charge in [0.2, 0.25) is 23.6 Å². The average molecular weight is 694 g/mol. The first-order valence-corrected chi connectivity index (χ1v) is 18.5. The lowest BCUT2D eigenvalue weighted by Gasteiger charge is -2.34. The highest BCUT2D eigenvalue weighted by atomic mass is 32.2. The van der Waals surface area contributed by atoms with Crippen molar-refractivity contribution in [3.8, 4) is 5.75 Å². The van der Waals surface area contributed by atoms with Crippen molar-refractivity contribution in [2.24, 2.45) is 17.4 Å². The molecule has 2 unspecified atom stereocenters. The van der Waals surface area contributed by atoms with Gasteiger partial charge in [-0.2, -0.15) is 0 Å². The lowest BCUT2D eigenvalue weighted by molar-refractivity contribution is -0.143. The third kappa shape index (κ3) is 14.0. The number of imide groups is 1. The van der Waals surface area contributed by atoms with Crippen molar-refractivity contribution in [1.82, 2.24) is 15.5 Å². The summed E-state index contributed by atoms with van der Waals surface area (Å²) in [6.45, 7) is 3.39. The quantitative estimate of drug-likeness (QED) is 0.104. The number of rotatable bonds is 19. The number of methoxy groups -OCH3 is 1. The Morgan fingerprint density at radius 2 is 1.62 bits per heavy atom. The van der Waals surface area contributed by atoms with E-state index in [0.717, 1.165) is 48.8 Å². The van der Waals surface area contributed by atoms with Gasteiger partial charge in [0, 0.05) is 35.8 Å². The summed E-state index contributed by atoms with van der Waals surface area (Å²) in [5.41, 5.74) is 14.6. The molecule has 13 nitrogen and oxygen atoms in total. The van der Waals surface area contributed by atoms with Crippen LogP contribution in [0.15, 0.2) is 12.1 Å². The van der Waals surface area contributed by atoms with Gasteiger partial charge in [0.25, 0.3) is 0 Å². The van der Waals surface area contributed by atoms with Crippen molar-refractivity contribution in [1.29, 1.82) is 0 Å². The van der Waals surface area contributed by atoms with E-state index in [1.54, 1.807) is 12.1 Å². The minimum Gasteiger partial charge on any atom is -0.508 e. The zero-order chi connectivity index (χ0) is 35.8. The van der Waals surface area contributed by atoms with Crippen LogP contribution in [0.3, 0.4) is 0 Å². The third-order valence-electron chi connectivity index (χ3n) is 8.94. The monoisotopic (exact) mass is 693 g/mol. The summed E-state index contributed by atoms with van der Waals surface area (Å²) in [7, 11) is 0.161. The van der Waals surface area contributed by atoms with Gasteiger partial charge in [-0.3, -0.25) is 33.5 Å². The summed E-state index contributed by atoms with van der Waals surface area (Å²) >= 11 is 0. The molecule has 270 valence electrons. The van der Waals surface area contributed by atoms with Crippen LogP contribution in [0.25, 0.3) is 0 Å². The van der Waals surface area contributed by atoms with Crippen molar-refractivity contribution in [2.45, 2.75) is 109 Å². The second-order valence-corrected chi connectivity index (χ2v) is 14.4. The number of esters is 1. The molecule has 0 bridgehead atoms. The van der Waals surface area contributed by atoms with E-state index in [9.17, 15) is 33.3 Å². The Hall–Kier alpha value is -3.36. The number of benzene rings is 1. The summed E-state index contributed by atoms with van der Waals surface area (Å²) in [4.78, 5) is 66.5. The molecule has 1 aromatic rings. The number of nitrogens with zero attached hydrogens (tertiary/aromatic N) is 1. The molecule has 1 aliphatic carbocycles. The molecule has 0 saturated heterocycles. The van der Waals surface area contributed by atoms with Crippen molar-refractivity contribution in [2.75, 3.05) is 32.2 Å². The number of unbranched alkanes of at least 4 members (excludes halogenated alkanes) is 2. The molecule has 0 radical (unpaired) electrons. The lowest BCUT2D eigenvalue weighted by Crippen LogP contribution is -2.56. The lowest BCUT2D eigenvalue weighted by atomic mass is 9.84. The maximum atomic E-state index is 13.8. The number of carbonyl (C=O) groups is 5. The summed E-state index contributed by atoms with van der Waals surface area (Å²) < 4.78 is 16.2. The number of aromatic hydroxyl groups is 1. The molecule has 14 heteroatoms. The van der Waals surface area contributed by atoms with E-state index in [1.165, 1.54) is 18.3 Å². The average Bonchev–Trinajstić information content (AvgIpc) is 3.04. The third-order valence-corrected chi connectivity index (χ3v) is 9.75. The predicted octanol–water partition coefficient (Wildman–Crippen LogP) is 1.63. The fraction of sp³-hybridized carbons (Fsp3) is 0.676. The van der Waals surface area contributed by atoms with Crippen LogP contribution in [-0.4, -0.2) is 94.1 Å². The Bertz CT molecular complexity index is 1260. The van der Waals surface area contributed by atoms with E-state index < -0.39 is 59.1 Å². The Kier molecular flexibility index (Phi) is 17.8. The molecule has 2 rings (SSSR count). The number of phenols is 1. The normalized spacial score (nSPS) is 15.9. The van der Waals surface area contributed by atoms with Crippen molar-refractivity contribution in [3.63, 3.8) is 0 Å². The van der Waals surface area contributed by atoms with Crippen LogP contribution < -0.4 is 22.1 Å². The largest absolute Gasteiger partial charge is 0.508 e. The number of hydrogen-bond donors (Lipinski definition) is 5. The number of hydrogen-bond acceptors (Lipinski definition) is 10. The Balaban J connectivity index is 2.23. The first kappa shape index (κ1) is 40.8. The zero-order valence-electron chi connectivity index (χ0n) is 28.9. The number of phenolic OH excluding ortho intramolecular Hbond substituents is 1. The SMILES string of the molecule is COC(=O)CCCCCN(C(=O)CNC(=O)[C@@H](N)Cc1c(C)cc(O)cc1C)[C@@H](CC1CCCCC1)C(=O)NC(=O)C(N)CCS(C)=O. The van der Waals surface area contributed by atoms with Gasteiger partial charge in [-0.05, 0) is 80.7 Å². The molecular weight excluding hydrogens is 638 g/mol. The Labute approximate surface area is 286 Å². The number of nitrogens with two attached hydrogens (primary N) is 2. The van der Waals surface area contributed by atoms with Crippen LogP contribution in [0, 0.1) is 19.8 Å². The minimum absolute atomic E-state index is 0.121. The van der Waals surface area contributed by atoms with Gasteiger partial charge < -0.3 is 31.5 Å². The van der Waals surface area contributed by atoms with E-state index in [4.69, 9.17) is 16.2 Å². The van der Waals surface area contributed by atoms with Crippen LogP contribution in [0.2, 0.25) is 0 Å². The first-order valence-electron chi connectivity index (χ1n) is 16.8. The number of aryl methyl sites for hydroxylation is 2. The fourth-order valence-corrected chi connectivity index (χ4v) is 6.71.